The molecule has 5 nitrogen and oxygen atoms in total. The summed E-state index contributed by atoms with van der Waals surface area (Å²) in [5, 5.41) is 21.9. The second-order valence-electron chi connectivity index (χ2n) is 10.5. The van der Waals surface area contributed by atoms with Crippen LogP contribution in [-0.2, 0) is 5.41 Å². The molecule has 34 heavy (non-hydrogen) atoms. The quantitative estimate of drug-likeness (QED) is 0.597. The van der Waals surface area contributed by atoms with Crippen molar-refractivity contribution in [2.75, 3.05) is 26.2 Å². The molecule has 5 heteroatoms. The second-order valence-corrected chi connectivity index (χ2v) is 10.5. The number of carbonyl (C=O) groups is 1. The molecule has 1 aliphatic carbocycles. The van der Waals surface area contributed by atoms with Crippen LogP contribution in [-0.4, -0.2) is 64.2 Å². The highest BCUT2D eigenvalue weighted by atomic mass is 16.3. The molecule has 1 heterocycles. The van der Waals surface area contributed by atoms with E-state index in [0.717, 1.165) is 38.0 Å². The van der Waals surface area contributed by atoms with Crippen LogP contribution >= 0.6 is 0 Å². The molecular weight excluding hydrogens is 424 g/mol. The number of aliphatic hydroxyl groups excluding tert-OH is 1. The van der Waals surface area contributed by atoms with Gasteiger partial charge in [0.2, 0.25) is 0 Å². The highest BCUT2D eigenvalue weighted by Crippen LogP contribution is 2.50. The fraction of sp³-hybridized carbons (Fsp3) is 0.483. The Kier molecular flexibility index (Phi) is 7.44. The van der Waals surface area contributed by atoms with E-state index in [0.29, 0.717) is 24.4 Å². The molecule has 2 aromatic rings. The first-order valence-electron chi connectivity index (χ1n) is 12.5. The Hall–Kier alpha value is -2.63. The number of carbonyl (C=O) groups excluding carboxylic acids is 1. The molecule has 0 radical (unpaired) electrons. The molecule has 0 spiro atoms. The van der Waals surface area contributed by atoms with Gasteiger partial charge in [0.15, 0.2) is 0 Å². The number of hydrogen-bond acceptors (Lipinski definition) is 4. The number of aromatic hydroxyl groups is 1. The number of phenols is 1. The van der Waals surface area contributed by atoms with E-state index in [9.17, 15) is 15.0 Å². The van der Waals surface area contributed by atoms with E-state index >= 15 is 0 Å². The van der Waals surface area contributed by atoms with Gasteiger partial charge in [0.05, 0.1) is 6.10 Å². The van der Waals surface area contributed by atoms with E-state index in [-0.39, 0.29) is 29.0 Å². The van der Waals surface area contributed by atoms with E-state index < -0.39 is 6.10 Å². The van der Waals surface area contributed by atoms with E-state index in [1.165, 1.54) is 0 Å². The van der Waals surface area contributed by atoms with Gasteiger partial charge in [-0.3, -0.25) is 9.69 Å². The van der Waals surface area contributed by atoms with Crippen molar-refractivity contribution in [3.05, 3.63) is 78.4 Å². The van der Waals surface area contributed by atoms with Gasteiger partial charge in [-0.05, 0) is 61.6 Å². The molecule has 4 rings (SSSR count). The normalized spacial score (nSPS) is 27.2. The van der Waals surface area contributed by atoms with Crippen molar-refractivity contribution in [2.45, 2.75) is 50.7 Å². The summed E-state index contributed by atoms with van der Waals surface area (Å²) in [6.07, 6.45) is 3.61. The molecule has 2 N–H and O–H groups in total. The summed E-state index contributed by atoms with van der Waals surface area (Å²) in [7, 11) is 0. The Bertz CT molecular complexity index is 992. The van der Waals surface area contributed by atoms with Crippen LogP contribution in [0.3, 0.4) is 0 Å². The molecule has 0 aromatic heterocycles. The predicted molar refractivity (Wildman–Crippen MR) is 136 cm³/mol. The maximum atomic E-state index is 13.7. The molecule has 1 aliphatic heterocycles. The summed E-state index contributed by atoms with van der Waals surface area (Å²) >= 11 is 0. The molecule has 0 bridgehead atoms. The van der Waals surface area contributed by atoms with Crippen LogP contribution in [0.15, 0.2) is 67.3 Å². The van der Waals surface area contributed by atoms with E-state index in [1.807, 2.05) is 53.4 Å². The fourth-order valence-electron chi connectivity index (χ4n) is 6.19. The molecule has 1 amide bonds. The minimum Gasteiger partial charge on any atom is -0.508 e. The Morgan fingerprint density at radius 3 is 2.68 bits per heavy atom. The van der Waals surface area contributed by atoms with Crippen LogP contribution in [0.4, 0.5) is 0 Å². The number of rotatable bonds is 7. The summed E-state index contributed by atoms with van der Waals surface area (Å²) in [5.41, 5.74) is 1.45. The molecule has 1 saturated heterocycles. The molecule has 2 aliphatic rings. The summed E-state index contributed by atoms with van der Waals surface area (Å²) < 4.78 is 0. The SMILES string of the molecule is C=CCN1CCC2(c3cccc(O)c3)C[C@H](N(CC(C)C)C(=O)c3ccccc3)CC(O)C2C1. The Balaban J connectivity index is 1.72. The molecule has 1 saturated carbocycles. The first-order valence-corrected chi connectivity index (χ1v) is 12.5. The summed E-state index contributed by atoms with van der Waals surface area (Å²) in [5.74, 6) is 0.621. The summed E-state index contributed by atoms with van der Waals surface area (Å²) in [6.45, 7) is 11.3. The van der Waals surface area contributed by atoms with Crippen LogP contribution in [0, 0.1) is 11.8 Å². The number of amides is 1. The van der Waals surface area contributed by atoms with Crippen molar-refractivity contribution < 1.29 is 15.0 Å². The number of phenolic OH excluding ortho intramolecular Hbond substituents is 1. The summed E-state index contributed by atoms with van der Waals surface area (Å²) in [6, 6.07) is 16.9. The van der Waals surface area contributed by atoms with Gasteiger partial charge in [0, 0.05) is 42.6 Å². The van der Waals surface area contributed by atoms with Gasteiger partial charge in [-0.1, -0.05) is 50.3 Å². The highest BCUT2D eigenvalue weighted by Gasteiger charge is 2.53. The first-order chi connectivity index (χ1) is 16.3. The lowest BCUT2D eigenvalue weighted by atomic mass is 9.56. The van der Waals surface area contributed by atoms with Crippen molar-refractivity contribution in [1.82, 2.24) is 9.80 Å². The van der Waals surface area contributed by atoms with Crippen molar-refractivity contribution in [3.8, 4) is 5.75 Å². The number of piperidine rings is 1. The van der Waals surface area contributed by atoms with Gasteiger partial charge in [0.25, 0.3) is 5.91 Å². The molecule has 4 atom stereocenters. The number of likely N-dealkylation sites (tertiary alicyclic amines) is 1. The van der Waals surface area contributed by atoms with E-state index in [4.69, 9.17) is 0 Å². The zero-order valence-corrected chi connectivity index (χ0v) is 20.4. The first kappa shape index (κ1) is 24.5. The van der Waals surface area contributed by atoms with Crippen LogP contribution in [0.1, 0.15) is 49.0 Å². The van der Waals surface area contributed by atoms with Gasteiger partial charge in [-0.15, -0.1) is 6.58 Å². The zero-order valence-electron chi connectivity index (χ0n) is 20.4. The zero-order chi connectivity index (χ0) is 24.3. The van der Waals surface area contributed by atoms with Crippen molar-refractivity contribution >= 4 is 5.91 Å². The average molecular weight is 463 g/mol. The fourth-order valence-corrected chi connectivity index (χ4v) is 6.19. The second kappa shape index (κ2) is 10.3. The van der Waals surface area contributed by atoms with Crippen LogP contribution < -0.4 is 0 Å². The van der Waals surface area contributed by atoms with E-state index in [2.05, 4.69) is 31.4 Å². The van der Waals surface area contributed by atoms with Crippen molar-refractivity contribution in [1.29, 1.82) is 0 Å². The number of benzene rings is 2. The van der Waals surface area contributed by atoms with Crippen molar-refractivity contribution in [2.24, 2.45) is 11.8 Å². The number of aliphatic hydroxyl groups is 1. The van der Waals surface area contributed by atoms with Gasteiger partial charge in [-0.2, -0.15) is 0 Å². The van der Waals surface area contributed by atoms with Crippen LogP contribution in [0.5, 0.6) is 5.75 Å². The maximum Gasteiger partial charge on any atom is 0.254 e. The predicted octanol–water partition coefficient (Wildman–Crippen LogP) is 4.46. The van der Waals surface area contributed by atoms with Gasteiger partial charge >= 0.3 is 0 Å². The topological polar surface area (TPSA) is 64.0 Å². The lowest BCUT2D eigenvalue weighted by molar-refractivity contribution is -0.0630. The van der Waals surface area contributed by atoms with E-state index in [1.54, 1.807) is 6.07 Å². The molecule has 3 unspecified atom stereocenters. The highest BCUT2D eigenvalue weighted by molar-refractivity contribution is 5.94. The van der Waals surface area contributed by atoms with Gasteiger partial charge < -0.3 is 15.1 Å². The van der Waals surface area contributed by atoms with Gasteiger partial charge in [0.1, 0.15) is 5.75 Å². The van der Waals surface area contributed by atoms with Crippen LogP contribution in [0.25, 0.3) is 0 Å². The number of hydrogen-bond donors (Lipinski definition) is 2. The summed E-state index contributed by atoms with van der Waals surface area (Å²) in [4.78, 5) is 18.0. The lowest BCUT2D eigenvalue weighted by Crippen LogP contribution is -2.61. The smallest absolute Gasteiger partial charge is 0.254 e. The van der Waals surface area contributed by atoms with Crippen molar-refractivity contribution in [3.63, 3.8) is 0 Å². The average Bonchev–Trinajstić information content (AvgIpc) is 2.83. The standard InChI is InChI=1S/C29H38N2O3/c1-4-14-30-15-13-29(23-11-8-12-25(32)16-23)18-24(17-27(33)26(29)20-30)31(19-21(2)3)28(34)22-9-6-5-7-10-22/h4-12,16,21,24,26-27,32-33H,1,13-15,17-20H2,2-3H3/t24-,26?,27?,29?/m1/s1. The van der Waals surface area contributed by atoms with Gasteiger partial charge in [-0.25, -0.2) is 0 Å². The third kappa shape index (κ3) is 4.91. The Morgan fingerprint density at radius 2 is 2.00 bits per heavy atom. The Labute approximate surface area is 203 Å². The Morgan fingerprint density at radius 1 is 1.24 bits per heavy atom. The molecule has 2 fully saturated rings. The number of nitrogens with zero attached hydrogens (tertiary/aromatic N) is 2. The number of fused-ring (bicyclic) bond motifs is 1. The molecule has 2 aromatic carbocycles. The lowest BCUT2D eigenvalue weighted by Gasteiger charge is -2.56. The third-order valence-electron chi connectivity index (χ3n) is 7.71. The third-order valence-corrected chi connectivity index (χ3v) is 7.71. The molecular formula is C29H38N2O3. The minimum absolute atomic E-state index is 0.0279. The molecule has 182 valence electrons. The largest absolute Gasteiger partial charge is 0.508 e. The maximum absolute atomic E-state index is 13.7. The monoisotopic (exact) mass is 462 g/mol. The van der Waals surface area contributed by atoms with Crippen LogP contribution in [0.2, 0.25) is 0 Å². The minimum atomic E-state index is -0.535.